The lowest BCUT2D eigenvalue weighted by molar-refractivity contribution is 0.275. The van der Waals surface area contributed by atoms with E-state index >= 15 is 0 Å². The Morgan fingerprint density at radius 3 is 2.80 bits per heavy atom. The normalized spacial score (nSPS) is 15.5. The lowest BCUT2D eigenvalue weighted by atomic mass is 10.0. The zero-order valence-electron chi connectivity index (χ0n) is 8.96. The molecular weight excluding hydrogens is 230 g/mol. The van der Waals surface area contributed by atoms with Gasteiger partial charge in [-0.2, -0.15) is 0 Å². The second kappa shape index (κ2) is 6.42. The van der Waals surface area contributed by atoms with Crippen LogP contribution in [0.3, 0.4) is 0 Å². The van der Waals surface area contributed by atoms with Crippen LogP contribution in [0.1, 0.15) is 20.3 Å². The number of nitrogens with two attached hydrogens (primary N) is 1. The van der Waals surface area contributed by atoms with E-state index in [-0.39, 0.29) is 17.9 Å². The zero-order chi connectivity index (χ0) is 11.3. The van der Waals surface area contributed by atoms with Gasteiger partial charge in [0.05, 0.1) is 11.9 Å². The molecule has 1 aromatic heterocycles. The molecule has 0 aliphatic rings. The summed E-state index contributed by atoms with van der Waals surface area (Å²) in [6, 6.07) is 0.00361. The van der Waals surface area contributed by atoms with Gasteiger partial charge in [0.25, 0.3) is 0 Å². The van der Waals surface area contributed by atoms with Crippen molar-refractivity contribution in [2.45, 2.75) is 35.9 Å². The number of aliphatic hydroxyl groups is 1. The summed E-state index contributed by atoms with van der Waals surface area (Å²) in [5.74, 6) is 0.545. The summed E-state index contributed by atoms with van der Waals surface area (Å²) in [6.07, 6.45) is 0.914. The van der Waals surface area contributed by atoms with Crippen LogP contribution >= 0.6 is 23.1 Å². The number of aliphatic hydroxyl groups excluding tert-OH is 1. The predicted molar refractivity (Wildman–Crippen MR) is 64.1 cm³/mol. The Morgan fingerprint density at radius 1 is 1.60 bits per heavy atom. The smallest absolute Gasteiger partial charge is 0.174 e. The van der Waals surface area contributed by atoms with E-state index in [2.05, 4.69) is 24.0 Å². The first-order valence-corrected chi connectivity index (χ1v) is 6.68. The fraction of sp³-hybridized carbons (Fsp3) is 0.778. The van der Waals surface area contributed by atoms with E-state index in [1.54, 1.807) is 5.51 Å². The molecule has 0 aliphatic heterocycles. The highest BCUT2D eigenvalue weighted by Gasteiger charge is 2.20. The minimum Gasteiger partial charge on any atom is -0.395 e. The molecule has 0 spiro atoms. The zero-order valence-corrected chi connectivity index (χ0v) is 10.6. The van der Waals surface area contributed by atoms with Crippen LogP contribution in [0.5, 0.6) is 0 Å². The third kappa shape index (κ3) is 4.46. The Balaban J connectivity index is 2.48. The Bertz CT molecular complexity index is 266. The standard InChI is InChI=1S/C9H17N3OS2/c1-6(2)3-7(10)8(4-13)15-9-12-11-5-14-9/h5-8,13H,3-4,10H2,1-2H3. The summed E-state index contributed by atoms with van der Waals surface area (Å²) < 4.78 is 0.869. The SMILES string of the molecule is CC(C)CC(N)C(CO)Sc1nncs1. The topological polar surface area (TPSA) is 72.0 Å². The first kappa shape index (κ1) is 12.9. The van der Waals surface area contributed by atoms with Gasteiger partial charge in [-0.15, -0.1) is 10.2 Å². The number of hydrogen-bond acceptors (Lipinski definition) is 6. The molecule has 0 aliphatic carbocycles. The molecule has 1 heterocycles. The van der Waals surface area contributed by atoms with Crippen LogP contribution in [0.15, 0.2) is 9.85 Å². The van der Waals surface area contributed by atoms with E-state index < -0.39 is 0 Å². The minimum absolute atomic E-state index is 0.00361. The molecule has 3 N–H and O–H groups in total. The van der Waals surface area contributed by atoms with Crippen molar-refractivity contribution in [3.63, 3.8) is 0 Å². The Hall–Kier alpha value is -0.170. The summed E-state index contributed by atoms with van der Waals surface area (Å²) in [7, 11) is 0. The minimum atomic E-state index is 0.00361. The molecule has 2 atom stereocenters. The van der Waals surface area contributed by atoms with Crippen molar-refractivity contribution in [3.05, 3.63) is 5.51 Å². The lowest BCUT2D eigenvalue weighted by Gasteiger charge is -2.21. The van der Waals surface area contributed by atoms with Gasteiger partial charge in [-0.25, -0.2) is 0 Å². The first-order chi connectivity index (χ1) is 7.13. The molecular formula is C9H17N3OS2. The van der Waals surface area contributed by atoms with E-state index in [4.69, 9.17) is 5.73 Å². The molecule has 86 valence electrons. The summed E-state index contributed by atoms with van der Waals surface area (Å²) in [5.41, 5.74) is 7.71. The third-order valence-electron chi connectivity index (χ3n) is 1.99. The highest BCUT2D eigenvalue weighted by Crippen LogP contribution is 2.27. The largest absolute Gasteiger partial charge is 0.395 e. The molecule has 1 aromatic rings. The van der Waals surface area contributed by atoms with Gasteiger partial charge in [0, 0.05) is 6.04 Å². The first-order valence-electron chi connectivity index (χ1n) is 4.92. The predicted octanol–water partition coefficient (Wildman–Crippen LogP) is 1.36. The second-order valence-electron chi connectivity index (χ2n) is 3.84. The number of nitrogens with zero attached hydrogens (tertiary/aromatic N) is 2. The molecule has 0 amide bonds. The molecule has 6 heteroatoms. The number of thioether (sulfide) groups is 1. The number of rotatable bonds is 6. The molecule has 15 heavy (non-hydrogen) atoms. The maximum Gasteiger partial charge on any atom is 0.174 e. The maximum atomic E-state index is 9.26. The molecule has 0 aromatic carbocycles. The highest BCUT2D eigenvalue weighted by molar-refractivity contribution is 8.01. The van der Waals surface area contributed by atoms with Crippen LogP contribution in [0, 0.1) is 5.92 Å². The van der Waals surface area contributed by atoms with E-state index in [0.717, 1.165) is 10.8 Å². The van der Waals surface area contributed by atoms with Crippen LogP contribution in [0.4, 0.5) is 0 Å². The van der Waals surface area contributed by atoms with Crippen molar-refractivity contribution in [1.29, 1.82) is 0 Å². The van der Waals surface area contributed by atoms with Crippen LogP contribution in [0.2, 0.25) is 0 Å². The summed E-state index contributed by atoms with van der Waals surface area (Å²) in [5, 5.41) is 17.0. The molecule has 0 saturated carbocycles. The van der Waals surface area contributed by atoms with Crippen molar-refractivity contribution < 1.29 is 5.11 Å². The van der Waals surface area contributed by atoms with Crippen LogP contribution in [-0.2, 0) is 0 Å². The fourth-order valence-corrected chi connectivity index (χ4v) is 3.01. The van der Waals surface area contributed by atoms with Crippen molar-refractivity contribution in [3.8, 4) is 0 Å². The molecule has 0 bridgehead atoms. The van der Waals surface area contributed by atoms with Gasteiger partial charge in [0.2, 0.25) is 0 Å². The number of aromatic nitrogens is 2. The maximum absolute atomic E-state index is 9.26. The van der Waals surface area contributed by atoms with Crippen molar-refractivity contribution >= 4 is 23.1 Å². The fourth-order valence-electron chi connectivity index (χ4n) is 1.30. The summed E-state index contributed by atoms with van der Waals surface area (Å²) in [4.78, 5) is 0. The quantitative estimate of drug-likeness (QED) is 0.743. The van der Waals surface area contributed by atoms with E-state index in [9.17, 15) is 5.11 Å². The summed E-state index contributed by atoms with van der Waals surface area (Å²) in [6.45, 7) is 4.34. The molecule has 1 rings (SSSR count). The molecule has 0 radical (unpaired) electrons. The van der Waals surface area contributed by atoms with Crippen LogP contribution in [-0.4, -0.2) is 33.2 Å². The van der Waals surface area contributed by atoms with E-state index in [1.165, 1.54) is 23.1 Å². The van der Waals surface area contributed by atoms with Gasteiger partial charge >= 0.3 is 0 Å². The molecule has 2 unspecified atom stereocenters. The molecule has 0 saturated heterocycles. The van der Waals surface area contributed by atoms with Gasteiger partial charge < -0.3 is 10.8 Å². The highest BCUT2D eigenvalue weighted by atomic mass is 32.2. The van der Waals surface area contributed by atoms with E-state index in [1.807, 2.05) is 0 Å². The van der Waals surface area contributed by atoms with Crippen molar-refractivity contribution in [2.75, 3.05) is 6.61 Å². The van der Waals surface area contributed by atoms with Gasteiger partial charge in [-0.3, -0.25) is 0 Å². The third-order valence-corrected chi connectivity index (χ3v) is 4.14. The van der Waals surface area contributed by atoms with Crippen LogP contribution < -0.4 is 5.73 Å². The Morgan fingerprint density at radius 2 is 2.33 bits per heavy atom. The van der Waals surface area contributed by atoms with Crippen LogP contribution in [0.25, 0.3) is 0 Å². The number of hydrogen-bond donors (Lipinski definition) is 2. The lowest BCUT2D eigenvalue weighted by Crippen LogP contribution is -2.36. The van der Waals surface area contributed by atoms with Crippen molar-refractivity contribution in [2.24, 2.45) is 11.7 Å². The van der Waals surface area contributed by atoms with Gasteiger partial charge in [0.1, 0.15) is 5.51 Å². The molecule has 0 fully saturated rings. The monoisotopic (exact) mass is 247 g/mol. The average Bonchev–Trinajstić information content (AvgIpc) is 2.65. The van der Waals surface area contributed by atoms with E-state index in [0.29, 0.717) is 5.92 Å². The Labute approximate surface area is 98.3 Å². The van der Waals surface area contributed by atoms with Gasteiger partial charge in [-0.05, 0) is 12.3 Å². The van der Waals surface area contributed by atoms with Crippen molar-refractivity contribution in [1.82, 2.24) is 10.2 Å². The molecule has 4 nitrogen and oxygen atoms in total. The van der Waals surface area contributed by atoms with Gasteiger partial charge in [0.15, 0.2) is 4.34 Å². The summed E-state index contributed by atoms with van der Waals surface area (Å²) >= 11 is 2.99. The van der Waals surface area contributed by atoms with Gasteiger partial charge in [-0.1, -0.05) is 36.9 Å². The average molecular weight is 247 g/mol. The second-order valence-corrected chi connectivity index (χ2v) is 6.16. The Kier molecular flexibility index (Phi) is 5.52.